The van der Waals surface area contributed by atoms with Crippen molar-refractivity contribution in [3.8, 4) is 5.75 Å². The molecule has 0 saturated heterocycles. The van der Waals surface area contributed by atoms with Crippen LogP contribution in [0.1, 0.15) is 96.6 Å². The highest BCUT2D eigenvalue weighted by Crippen LogP contribution is 2.34. The predicted octanol–water partition coefficient (Wildman–Crippen LogP) is 6.31. The van der Waals surface area contributed by atoms with Gasteiger partial charge in [0.25, 0.3) is 0 Å². The highest BCUT2D eigenvalue weighted by molar-refractivity contribution is 5.69. The van der Waals surface area contributed by atoms with Crippen molar-refractivity contribution in [2.45, 2.75) is 97.3 Å². The SMILES string of the molecule is CCCCCCCCCOC(=O)CCc1ccc(O)c(C(C)(C)CC)c1. The first-order valence-electron chi connectivity index (χ1n) is 10.4. The molecular formula is C23H38O3. The molecular weight excluding hydrogens is 324 g/mol. The Labute approximate surface area is 160 Å². The summed E-state index contributed by atoms with van der Waals surface area (Å²) in [5.41, 5.74) is 1.96. The number of benzene rings is 1. The third-order valence-corrected chi connectivity index (χ3v) is 5.30. The van der Waals surface area contributed by atoms with Crippen molar-refractivity contribution in [3.63, 3.8) is 0 Å². The minimum atomic E-state index is -0.125. The molecule has 1 rings (SSSR count). The number of carbonyl (C=O) groups excluding carboxylic acids is 1. The number of phenols is 1. The average Bonchev–Trinajstić information content (AvgIpc) is 2.63. The molecule has 1 aromatic rings. The molecule has 0 radical (unpaired) electrons. The van der Waals surface area contributed by atoms with E-state index in [1.165, 1.54) is 32.1 Å². The average molecular weight is 363 g/mol. The lowest BCUT2D eigenvalue weighted by atomic mass is 9.81. The van der Waals surface area contributed by atoms with Crippen molar-refractivity contribution < 1.29 is 14.6 Å². The third kappa shape index (κ3) is 8.25. The van der Waals surface area contributed by atoms with Crippen LogP contribution in [0.25, 0.3) is 0 Å². The van der Waals surface area contributed by atoms with Gasteiger partial charge in [-0.1, -0.05) is 78.4 Å². The molecule has 1 N–H and O–H groups in total. The topological polar surface area (TPSA) is 46.5 Å². The second kappa shape index (κ2) is 12.0. The first-order chi connectivity index (χ1) is 12.4. The summed E-state index contributed by atoms with van der Waals surface area (Å²) in [5.74, 6) is 0.211. The summed E-state index contributed by atoms with van der Waals surface area (Å²) in [6.45, 7) is 9.14. The molecule has 0 atom stereocenters. The fourth-order valence-electron chi connectivity index (χ4n) is 3.03. The molecule has 0 aromatic heterocycles. The Kier molecular flexibility index (Phi) is 10.4. The summed E-state index contributed by atoms with van der Waals surface area (Å²) < 4.78 is 5.35. The molecule has 1 aromatic carbocycles. The van der Waals surface area contributed by atoms with Crippen LogP contribution in [0, 0.1) is 0 Å². The Morgan fingerprint density at radius 3 is 2.35 bits per heavy atom. The summed E-state index contributed by atoms with van der Waals surface area (Å²) in [4.78, 5) is 11.9. The number of aryl methyl sites for hydroxylation is 1. The van der Waals surface area contributed by atoms with Crippen LogP contribution in [0.3, 0.4) is 0 Å². The van der Waals surface area contributed by atoms with Gasteiger partial charge in [0.2, 0.25) is 0 Å². The van der Waals surface area contributed by atoms with Crippen LogP contribution >= 0.6 is 0 Å². The molecule has 3 nitrogen and oxygen atoms in total. The Morgan fingerprint density at radius 2 is 1.69 bits per heavy atom. The molecule has 0 spiro atoms. The summed E-state index contributed by atoms with van der Waals surface area (Å²) in [6.07, 6.45) is 10.6. The molecule has 0 amide bonds. The van der Waals surface area contributed by atoms with Gasteiger partial charge in [-0.15, -0.1) is 0 Å². The molecule has 3 heteroatoms. The van der Waals surface area contributed by atoms with Gasteiger partial charge in [-0.05, 0) is 41.9 Å². The standard InChI is InChI=1S/C23H38O3/c1-5-7-8-9-10-11-12-17-26-22(25)16-14-19-13-15-21(24)20(18-19)23(3,4)6-2/h13,15,18,24H,5-12,14,16-17H2,1-4H3. The lowest BCUT2D eigenvalue weighted by molar-refractivity contribution is -0.143. The summed E-state index contributed by atoms with van der Waals surface area (Å²) in [6, 6.07) is 5.67. The molecule has 0 fully saturated rings. The number of phenolic OH excluding ortho intramolecular Hbond substituents is 1. The third-order valence-electron chi connectivity index (χ3n) is 5.30. The fourth-order valence-corrected chi connectivity index (χ4v) is 3.03. The van der Waals surface area contributed by atoms with E-state index in [9.17, 15) is 9.90 Å². The van der Waals surface area contributed by atoms with E-state index < -0.39 is 0 Å². The number of unbranched alkanes of at least 4 members (excludes halogenated alkanes) is 6. The van der Waals surface area contributed by atoms with Crippen molar-refractivity contribution in [2.24, 2.45) is 0 Å². The van der Waals surface area contributed by atoms with E-state index in [1.54, 1.807) is 6.07 Å². The Balaban J connectivity index is 2.29. The van der Waals surface area contributed by atoms with Gasteiger partial charge in [-0.25, -0.2) is 0 Å². The fraction of sp³-hybridized carbons (Fsp3) is 0.696. The van der Waals surface area contributed by atoms with E-state index in [2.05, 4.69) is 27.7 Å². The normalized spacial score (nSPS) is 11.5. The van der Waals surface area contributed by atoms with Crippen molar-refractivity contribution in [3.05, 3.63) is 29.3 Å². The second-order valence-corrected chi connectivity index (χ2v) is 7.93. The maximum atomic E-state index is 11.9. The molecule has 0 aliphatic rings. The molecule has 0 saturated carbocycles. The van der Waals surface area contributed by atoms with Gasteiger partial charge in [0.05, 0.1) is 6.61 Å². The van der Waals surface area contributed by atoms with E-state index >= 15 is 0 Å². The van der Waals surface area contributed by atoms with E-state index in [-0.39, 0.29) is 11.4 Å². The van der Waals surface area contributed by atoms with Crippen molar-refractivity contribution in [1.82, 2.24) is 0 Å². The van der Waals surface area contributed by atoms with Gasteiger partial charge in [0, 0.05) is 6.42 Å². The number of aromatic hydroxyl groups is 1. The first kappa shape index (κ1) is 22.5. The molecule has 0 heterocycles. The van der Waals surface area contributed by atoms with Gasteiger partial charge < -0.3 is 9.84 Å². The van der Waals surface area contributed by atoms with E-state index in [1.807, 2.05) is 12.1 Å². The zero-order valence-electron chi connectivity index (χ0n) is 17.3. The minimum absolute atomic E-state index is 0.0717. The monoisotopic (exact) mass is 362 g/mol. The summed E-state index contributed by atoms with van der Waals surface area (Å²) in [5, 5.41) is 10.1. The van der Waals surface area contributed by atoms with Gasteiger partial charge >= 0.3 is 5.97 Å². The molecule has 0 unspecified atom stereocenters. The van der Waals surface area contributed by atoms with Crippen molar-refractivity contribution in [1.29, 1.82) is 0 Å². The summed E-state index contributed by atoms with van der Waals surface area (Å²) in [7, 11) is 0. The smallest absolute Gasteiger partial charge is 0.306 e. The molecule has 148 valence electrons. The zero-order valence-corrected chi connectivity index (χ0v) is 17.3. The lowest BCUT2D eigenvalue weighted by Gasteiger charge is -2.25. The number of carbonyl (C=O) groups is 1. The van der Waals surface area contributed by atoms with Crippen LogP contribution in [-0.2, 0) is 21.4 Å². The largest absolute Gasteiger partial charge is 0.508 e. The second-order valence-electron chi connectivity index (χ2n) is 7.93. The van der Waals surface area contributed by atoms with Crippen LogP contribution in [0.5, 0.6) is 5.75 Å². The zero-order chi connectivity index (χ0) is 19.4. The van der Waals surface area contributed by atoms with Crippen molar-refractivity contribution >= 4 is 5.97 Å². The highest BCUT2D eigenvalue weighted by Gasteiger charge is 2.22. The number of rotatable bonds is 13. The van der Waals surface area contributed by atoms with Crippen LogP contribution in [0.15, 0.2) is 18.2 Å². The van der Waals surface area contributed by atoms with Crippen molar-refractivity contribution in [2.75, 3.05) is 6.61 Å². The van der Waals surface area contributed by atoms with Crippen LogP contribution in [0.2, 0.25) is 0 Å². The number of esters is 1. The lowest BCUT2D eigenvalue weighted by Crippen LogP contribution is -2.16. The maximum absolute atomic E-state index is 11.9. The van der Waals surface area contributed by atoms with Gasteiger partial charge in [-0.3, -0.25) is 4.79 Å². The number of ether oxygens (including phenoxy) is 1. The molecule has 26 heavy (non-hydrogen) atoms. The Bertz CT molecular complexity index is 534. The molecule has 0 aliphatic carbocycles. The van der Waals surface area contributed by atoms with Gasteiger partial charge in [0.15, 0.2) is 0 Å². The van der Waals surface area contributed by atoms with Crippen LogP contribution in [-0.4, -0.2) is 17.7 Å². The van der Waals surface area contributed by atoms with E-state index in [0.717, 1.165) is 30.4 Å². The van der Waals surface area contributed by atoms with Gasteiger partial charge in [0.1, 0.15) is 5.75 Å². The molecule has 0 bridgehead atoms. The van der Waals surface area contributed by atoms with Gasteiger partial charge in [-0.2, -0.15) is 0 Å². The minimum Gasteiger partial charge on any atom is -0.508 e. The van der Waals surface area contributed by atoms with Crippen LogP contribution in [0.4, 0.5) is 0 Å². The number of hydrogen-bond acceptors (Lipinski definition) is 3. The molecule has 0 aliphatic heterocycles. The number of hydrogen-bond donors (Lipinski definition) is 1. The Morgan fingerprint density at radius 1 is 1.04 bits per heavy atom. The van der Waals surface area contributed by atoms with Crippen LogP contribution < -0.4 is 0 Å². The predicted molar refractivity (Wildman–Crippen MR) is 109 cm³/mol. The Hall–Kier alpha value is -1.51. The van der Waals surface area contributed by atoms with E-state index in [0.29, 0.717) is 25.2 Å². The van der Waals surface area contributed by atoms with E-state index in [4.69, 9.17) is 4.74 Å². The maximum Gasteiger partial charge on any atom is 0.306 e. The quantitative estimate of drug-likeness (QED) is 0.330. The first-order valence-corrected chi connectivity index (χ1v) is 10.4. The highest BCUT2D eigenvalue weighted by atomic mass is 16.5. The summed E-state index contributed by atoms with van der Waals surface area (Å²) >= 11 is 0.